The number of thiophene rings is 1. The van der Waals surface area contributed by atoms with Crippen LogP contribution >= 0.6 is 11.3 Å². The molecule has 2 amide bonds. The Morgan fingerprint density at radius 1 is 1.38 bits per heavy atom. The lowest BCUT2D eigenvalue weighted by Gasteiger charge is -2.27. The van der Waals surface area contributed by atoms with Crippen LogP contribution in [0.3, 0.4) is 0 Å². The number of rotatable bonds is 8. The van der Waals surface area contributed by atoms with Gasteiger partial charge in [-0.15, -0.1) is 11.3 Å². The molecule has 3 heterocycles. The summed E-state index contributed by atoms with van der Waals surface area (Å²) < 4.78 is 7.30. The normalized spacial score (nSPS) is 13.6. The zero-order valence-corrected chi connectivity index (χ0v) is 20.1. The maximum atomic E-state index is 12.8. The molecule has 1 aliphatic rings. The van der Waals surface area contributed by atoms with Gasteiger partial charge in [-0.3, -0.25) is 9.59 Å². The lowest BCUT2D eigenvalue weighted by Crippen LogP contribution is -2.37. The van der Waals surface area contributed by atoms with Gasteiger partial charge in [-0.2, -0.15) is 5.26 Å². The number of nitriles is 1. The van der Waals surface area contributed by atoms with Gasteiger partial charge in [0.15, 0.2) is 0 Å². The highest BCUT2D eigenvalue weighted by atomic mass is 32.1. The summed E-state index contributed by atoms with van der Waals surface area (Å²) in [6.07, 6.45) is 5.91. The molecular formula is C25H27N5O3S. The van der Waals surface area contributed by atoms with E-state index in [1.54, 1.807) is 28.2 Å². The van der Waals surface area contributed by atoms with Crippen molar-refractivity contribution in [1.82, 2.24) is 14.5 Å². The molecule has 1 unspecified atom stereocenters. The molecule has 0 fully saturated rings. The Labute approximate surface area is 202 Å². The number of benzene rings is 1. The number of imidazole rings is 1. The van der Waals surface area contributed by atoms with E-state index in [0.717, 1.165) is 21.8 Å². The summed E-state index contributed by atoms with van der Waals surface area (Å²) in [5.74, 6) is 0.649. The molecule has 0 bridgehead atoms. The van der Waals surface area contributed by atoms with Crippen molar-refractivity contribution in [2.75, 3.05) is 18.5 Å². The minimum atomic E-state index is -0.141. The minimum Gasteiger partial charge on any atom is -0.494 e. The molecule has 34 heavy (non-hydrogen) atoms. The third kappa shape index (κ3) is 5.29. The summed E-state index contributed by atoms with van der Waals surface area (Å²) >= 11 is 1.39. The second-order valence-electron chi connectivity index (χ2n) is 8.28. The summed E-state index contributed by atoms with van der Waals surface area (Å²) in [4.78, 5) is 32.2. The van der Waals surface area contributed by atoms with Crippen LogP contribution in [0.25, 0.3) is 0 Å². The quantitative estimate of drug-likeness (QED) is 0.530. The first-order valence-corrected chi connectivity index (χ1v) is 12.1. The molecule has 176 valence electrons. The largest absolute Gasteiger partial charge is 0.494 e. The van der Waals surface area contributed by atoms with Crippen molar-refractivity contribution in [2.24, 2.45) is 0 Å². The molecular weight excluding hydrogens is 450 g/mol. The van der Waals surface area contributed by atoms with Crippen LogP contribution in [0.15, 0.2) is 43.0 Å². The van der Waals surface area contributed by atoms with Crippen molar-refractivity contribution in [3.63, 3.8) is 0 Å². The summed E-state index contributed by atoms with van der Waals surface area (Å²) in [6, 6.07) is 10.0. The first-order valence-electron chi connectivity index (χ1n) is 11.3. The summed E-state index contributed by atoms with van der Waals surface area (Å²) in [7, 11) is 0. The van der Waals surface area contributed by atoms with E-state index in [9.17, 15) is 14.9 Å². The van der Waals surface area contributed by atoms with Crippen molar-refractivity contribution in [3.8, 4) is 11.8 Å². The number of ether oxygens (including phenoxy) is 1. The van der Waals surface area contributed by atoms with E-state index >= 15 is 0 Å². The number of nitrogens with zero attached hydrogens (tertiary/aromatic N) is 4. The number of carbonyl (C=O) groups excluding carboxylic acids is 2. The van der Waals surface area contributed by atoms with E-state index in [-0.39, 0.29) is 24.3 Å². The molecule has 3 aromatic rings. The number of carbonyl (C=O) groups is 2. The lowest BCUT2D eigenvalue weighted by molar-refractivity contribution is -0.132. The summed E-state index contributed by atoms with van der Waals surface area (Å²) in [6.45, 7) is 5.75. The molecule has 0 aliphatic carbocycles. The maximum Gasteiger partial charge on any atom is 0.242 e. The number of fused-ring (bicyclic) bond motifs is 1. The fourth-order valence-corrected chi connectivity index (χ4v) is 5.34. The molecule has 1 atom stereocenters. The Balaban J connectivity index is 1.42. The summed E-state index contributed by atoms with van der Waals surface area (Å²) in [5.41, 5.74) is 2.48. The third-order valence-corrected chi connectivity index (χ3v) is 7.01. The second-order valence-corrected chi connectivity index (χ2v) is 9.38. The second kappa shape index (κ2) is 10.5. The highest BCUT2D eigenvalue weighted by Crippen LogP contribution is 2.37. The van der Waals surface area contributed by atoms with E-state index in [0.29, 0.717) is 43.1 Å². The average molecular weight is 478 g/mol. The molecule has 9 heteroatoms. The highest BCUT2D eigenvalue weighted by molar-refractivity contribution is 7.16. The van der Waals surface area contributed by atoms with Crippen molar-refractivity contribution in [2.45, 2.75) is 45.7 Å². The molecule has 4 rings (SSSR count). The zero-order valence-electron chi connectivity index (χ0n) is 19.3. The van der Waals surface area contributed by atoms with Gasteiger partial charge in [0.25, 0.3) is 0 Å². The Morgan fingerprint density at radius 2 is 2.24 bits per heavy atom. The zero-order chi connectivity index (χ0) is 24.1. The predicted molar refractivity (Wildman–Crippen MR) is 130 cm³/mol. The van der Waals surface area contributed by atoms with Crippen molar-refractivity contribution in [3.05, 3.63) is 64.6 Å². The number of nitrogens with one attached hydrogen (secondary N) is 1. The standard InChI is InChI=1S/C25H27N5O3S/c1-3-33-19-6-4-5-18(12-19)17(2)11-23(31)28-25-21(13-26)20-7-9-30(14-22(20)34-25)24(32)15-29-10-8-27-16-29/h4-6,8,10,12,16-17H,3,7,9,11,14-15H2,1-2H3,(H,28,31). The van der Waals surface area contributed by atoms with Crippen LogP contribution in [-0.4, -0.2) is 39.4 Å². The maximum absolute atomic E-state index is 12.8. The van der Waals surface area contributed by atoms with E-state index in [1.807, 2.05) is 38.1 Å². The Kier molecular flexibility index (Phi) is 7.28. The molecule has 0 radical (unpaired) electrons. The Hall–Kier alpha value is -3.64. The van der Waals surface area contributed by atoms with Gasteiger partial charge in [0.1, 0.15) is 23.4 Å². The van der Waals surface area contributed by atoms with E-state index in [4.69, 9.17) is 4.74 Å². The number of aromatic nitrogens is 2. The van der Waals surface area contributed by atoms with Crippen LogP contribution in [0.2, 0.25) is 0 Å². The average Bonchev–Trinajstić information content (AvgIpc) is 3.45. The number of amides is 2. The molecule has 0 saturated carbocycles. The molecule has 0 spiro atoms. The van der Waals surface area contributed by atoms with Crippen LogP contribution in [-0.2, 0) is 29.1 Å². The van der Waals surface area contributed by atoms with Crippen molar-refractivity contribution in [1.29, 1.82) is 5.26 Å². The molecule has 1 aromatic carbocycles. The number of hydrogen-bond acceptors (Lipinski definition) is 6. The first-order chi connectivity index (χ1) is 16.5. The smallest absolute Gasteiger partial charge is 0.242 e. The highest BCUT2D eigenvalue weighted by Gasteiger charge is 2.27. The molecule has 8 nitrogen and oxygen atoms in total. The fraction of sp³-hybridized carbons (Fsp3) is 0.360. The number of hydrogen-bond donors (Lipinski definition) is 1. The van der Waals surface area contributed by atoms with Gasteiger partial charge in [-0.1, -0.05) is 19.1 Å². The molecule has 2 aromatic heterocycles. The summed E-state index contributed by atoms with van der Waals surface area (Å²) in [5, 5.41) is 13.3. The number of anilines is 1. The van der Waals surface area contributed by atoms with Crippen LogP contribution in [0.4, 0.5) is 5.00 Å². The Morgan fingerprint density at radius 3 is 2.97 bits per heavy atom. The van der Waals surface area contributed by atoms with Crippen molar-refractivity contribution < 1.29 is 14.3 Å². The van der Waals surface area contributed by atoms with Gasteiger partial charge >= 0.3 is 0 Å². The van der Waals surface area contributed by atoms with Gasteiger partial charge in [0.05, 0.1) is 25.0 Å². The SMILES string of the molecule is CCOc1cccc(C(C)CC(=O)Nc2sc3c(c2C#N)CCN(C(=O)Cn2ccnc2)C3)c1. The van der Waals surface area contributed by atoms with E-state index in [1.165, 1.54) is 11.3 Å². The van der Waals surface area contributed by atoms with Crippen LogP contribution < -0.4 is 10.1 Å². The van der Waals surface area contributed by atoms with Gasteiger partial charge in [0.2, 0.25) is 11.8 Å². The van der Waals surface area contributed by atoms with Gasteiger partial charge < -0.3 is 19.5 Å². The third-order valence-electron chi connectivity index (χ3n) is 5.88. The van der Waals surface area contributed by atoms with Crippen LogP contribution in [0.1, 0.15) is 47.8 Å². The fourth-order valence-electron chi connectivity index (χ4n) is 4.11. The van der Waals surface area contributed by atoms with E-state index in [2.05, 4.69) is 16.4 Å². The van der Waals surface area contributed by atoms with Gasteiger partial charge in [-0.25, -0.2) is 4.98 Å². The van der Waals surface area contributed by atoms with Crippen LogP contribution in [0, 0.1) is 11.3 Å². The topological polar surface area (TPSA) is 100 Å². The van der Waals surface area contributed by atoms with Crippen LogP contribution in [0.5, 0.6) is 5.75 Å². The van der Waals surface area contributed by atoms with Gasteiger partial charge in [0, 0.05) is 30.2 Å². The Bertz CT molecular complexity index is 1210. The van der Waals surface area contributed by atoms with Crippen molar-refractivity contribution >= 4 is 28.2 Å². The first kappa shape index (κ1) is 23.5. The predicted octanol–water partition coefficient (Wildman–Crippen LogP) is 3.93. The minimum absolute atomic E-state index is 0.00295. The van der Waals surface area contributed by atoms with Gasteiger partial charge in [-0.05, 0) is 42.5 Å². The molecule has 0 saturated heterocycles. The monoisotopic (exact) mass is 477 g/mol. The lowest BCUT2D eigenvalue weighted by atomic mass is 9.97. The molecule has 1 N–H and O–H groups in total. The molecule has 1 aliphatic heterocycles. The van der Waals surface area contributed by atoms with E-state index < -0.39 is 0 Å².